The van der Waals surface area contributed by atoms with Crippen molar-refractivity contribution in [2.24, 2.45) is 0 Å². The normalized spacial score (nSPS) is 13.3. The number of benzene rings is 3. The van der Waals surface area contributed by atoms with E-state index in [0.717, 1.165) is 10.5 Å². The molecule has 35 heavy (non-hydrogen) atoms. The van der Waals surface area contributed by atoms with Crippen LogP contribution in [0.5, 0.6) is 0 Å². The smallest absolute Gasteiger partial charge is 0.338 e. The van der Waals surface area contributed by atoms with Crippen molar-refractivity contribution >= 4 is 35.2 Å². The summed E-state index contributed by atoms with van der Waals surface area (Å²) in [4.78, 5) is 63.7. The summed E-state index contributed by atoms with van der Waals surface area (Å²) < 4.78 is 9.97. The van der Waals surface area contributed by atoms with Crippen molar-refractivity contribution in [1.29, 1.82) is 0 Å². The highest BCUT2D eigenvalue weighted by atomic mass is 16.5. The molecule has 0 spiro atoms. The fourth-order valence-electron chi connectivity index (χ4n) is 3.70. The van der Waals surface area contributed by atoms with Crippen LogP contribution in [0, 0.1) is 6.92 Å². The fourth-order valence-corrected chi connectivity index (χ4v) is 3.70. The fraction of sp³-hybridized carbons (Fsp3) is 0.148. The Kier molecular flexibility index (Phi) is 6.29. The van der Waals surface area contributed by atoms with E-state index in [1.165, 1.54) is 56.5 Å². The van der Waals surface area contributed by atoms with Crippen molar-refractivity contribution in [3.63, 3.8) is 0 Å². The maximum Gasteiger partial charge on any atom is 0.338 e. The summed E-state index contributed by atoms with van der Waals surface area (Å²) in [5.74, 6) is -2.86. The highest BCUT2D eigenvalue weighted by Gasteiger charge is 2.37. The maximum atomic E-state index is 13.0. The first kappa shape index (κ1) is 23.6. The van der Waals surface area contributed by atoms with Gasteiger partial charge < -0.3 is 9.47 Å². The Morgan fingerprint density at radius 1 is 0.743 bits per heavy atom. The maximum absolute atomic E-state index is 13.0. The van der Waals surface area contributed by atoms with Crippen molar-refractivity contribution in [2.75, 3.05) is 12.0 Å². The predicted octanol–water partition coefficient (Wildman–Crippen LogP) is 4.01. The highest BCUT2D eigenvalue weighted by Crippen LogP contribution is 2.29. The Labute approximate surface area is 201 Å². The Morgan fingerprint density at radius 3 is 1.94 bits per heavy atom. The Morgan fingerprint density at radius 2 is 1.31 bits per heavy atom. The van der Waals surface area contributed by atoms with E-state index in [1.807, 2.05) is 6.92 Å². The second kappa shape index (κ2) is 9.34. The molecule has 1 heterocycles. The monoisotopic (exact) mass is 471 g/mol. The second-order valence-electron chi connectivity index (χ2n) is 8.02. The minimum atomic E-state index is -1.04. The molecule has 4 rings (SSSR count). The second-order valence-corrected chi connectivity index (χ2v) is 8.02. The van der Waals surface area contributed by atoms with Crippen molar-refractivity contribution in [3.8, 4) is 0 Å². The summed E-state index contributed by atoms with van der Waals surface area (Å²) in [7, 11) is 1.25. The Hall–Kier alpha value is -4.59. The lowest BCUT2D eigenvalue weighted by Crippen LogP contribution is -2.29. The summed E-state index contributed by atoms with van der Waals surface area (Å²) in [6.45, 7) is 3.37. The number of methoxy groups -OCH3 is 1. The Bertz CT molecular complexity index is 1360. The molecule has 0 saturated carbocycles. The molecular formula is C27H21NO7. The van der Waals surface area contributed by atoms with Crippen molar-refractivity contribution in [1.82, 2.24) is 0 Å². The number of carbonyl (C=O) groups is 5. The molecule has 176 valence electrons. The van der Waals surface area contributed by atoms with E-state index in [0.29, 0.717) is 5.56 Å². The molecule has 0 aromatic heterocycles. The van der Waals surface area contributed by atoms with Crippen LogP contribution in [0.1, 0.15) is 64.3 Å². The van der Waals surface area contributed by atoms with Gasteiger partial charge in [0, 0.05) is 5.56 Å². The van der Waals surface area contributed by atoms with E-state index >= 15 is 0 Å². The minimum Gasteiger partial charge on any atom is -0.465 e. The highest BCUT2D eigenvalue weighted by molar-refractivity contribution is 6.34. The topological polar surface area (TPSA) is 107 Å². The molecule has 0 unspecified atom stereocenters. The molecule has 0 fully saturated rings. The number of amides is 2. The van der Waals surface area contributed by atoms with E-state index < -0.39 is 29.9 Å². The molecule has 1 aliphatic heterocycles. The molecule has 0 radical (unpaired) electrons. The van der Waals surface area contributed by atoms with Crippen LogP contribution in [0.4, 0.5) is 5.69 Å². The molecule has 2 amide bonds. The minimum absolute atomic E-state index is 0.0383. The number of fused-ring (bicyclic) bond motifs is 1. The summed E-state index contributed by atoms with van der Waals surface area (Å²) in [5.41, 5.74) is 2.16. The van der Waals surface area contributed by atoms with Crippen molar-refractivity contribution in [3.05, 3.63) is 100 Å². The SMILES string of the molecule is COC(=O)c1ccc(N2C(=O)c3ccc(C(=O)O[C@H](C)C(=O)c4ccc(C)cc4)cc3C2=O)cc1. The molecule has 3 aromatic rings. The van der Waals surface area contributed by atoms with Crippen LogP contribution in [0.15, 0.2) is 66.7 Å². The summed E-state index contributed by atoms with van der Waals surface area (Å²) in [5, 5.41) is 0. The number of hydrogen-bond donors (Lipinski definition) is 0. The number of Topliss-reactive ketones (excluding diaryl/α,β-unsaturated/α-hetero) is 1. The first-order valence-electron chi connectivity index (χ1n) is 10.7. The molecular weight excluding hydrogens is 450 g/mol. The molecule has 0 bridgehead atoms. The van der Waals surface area contributed by atoms with Crippen LogP contribution in [-0.4, -0.2) is 42.7 Å². The van der Waals surface area contributed by atoms with Gasteiger partial charge >= 0.3 is 11.9 Å². The predicted molar refractivity (Wildman–Crippen MR) is 126 cm³/mol. The summed E-state index contributed by atoms with van der Waals surface area (Å²) in [6.07, 6.45) is -1.04. The number of hydrogen-bond acceptors (Lipinski definition) is 7. The standard InChI is InChI=1S/C27H21NO7/c1-15-4-6-17(7-5-15)23(29)16(2)35-27(33)19-10-13-21-22(14-19)25(31)28(24(21)30)20-11-8-18(9-12-20)26(32)34-3/h4-14,16H,1-3H3/t16-/m1/s1. The van der Waals surface area contributed by atoms with Gasteiger partial charge in [-0.2, -0.15) is 0 Å². The van der Waals surface area contributed by atoms with E-state index in [4.69, 9.17) is 4.74 Å². The lowest BCUT2D eigenvalue weighted by molar-refractivity contribution is 0.0318. The number of aryl methyl sites for hydroxylation is 1. The summed E-state index contributed by atoms with van der Waals surface area (Å²) >= 11 is 0. The third-order valence-electron chi connectivity index (χ3n) is 5.66. The van der Waals surface area contributed by atoms with Gasteiger partial charge in [-0.3, -0.25) is 14.4 Å². The molecule has 0 aliphatic carbocycles. The van der Waals surface area contributed by atoms with Crippen LogP contribution in [-0.2, 0) is 9.47 Å². The molecule has 1 atom stereocenters. The zero-order chi connectivity index (χ0) is 25.3. The lowest BCUT2D eigenvalue weighted by Gasteiger charge is -2.14. The number of ketones is 1. The van der Waals surface area contributed by atoms with Gasteiger partial charge in [-0.15, -0.1) is 0 Å². The average molecular weight is 471 g/mol. The van der Waals surface area contributed by atoms with Gasteiger partial charge in [-0.1, -0.05) is 29.8 Å². The van der Waals surface area contributed by atoms with Gasteiger partial charge in [0.2, 0.25) is 5.78 Å². The van der Waals surface area contributed by atoms with Gasteiger partial charge in [0.25, 0.3) is 11.8 Å². The van der Waals surface area contributed by atoms with Gasteiger partial charge in [-0.05, 0) is 56.3 Å². The van der Waals surface area contributed by atoms with Crippen LogP contribution in [0.25, 0.3) is 0 Å². The van der Waals surface area contributed by atoms with Crippen molar-refractivity contribution < 1.29 is 33.4 Å². The number of nitrogens with zero attached hydrogens (tertiary/aromatic N) is 1. The first-order chi connectivity index (χ1) is 16.7. The van der Waals surface area contributed by atoms with Gasteiger partial charge in [0.05, 0.1) is 35.1 Å². The van der Waals surface area contributed by atoms with E-state index in [1.54, 1.807) is 24.3 Å². The van der Waals surface area contributed by atoms with Crippen LogP contribution >= 0.6 is 0 Å². The van der Waals surface area contributed by atoms with E-state index in [2.05, 4.69) is 4.74 Å². The summed E-state index contributed by atoms with van der Waals surface area (Å²) in [6, 6.07) is 16.7. The number of carbonyl (C=O) groups excluding carboxylic acids is 5. The average Bonchev–Trinajstić information content (AvgIpc) is 3.12. The largest absolute Gasteiger partial charge is 0.465 e. The van der Waals surface area contributed by atoms with Gasteiger partial charge in [0.1, 0.15) is 0 Å². The molecule has 0 N–H and O–H groups in total. The molecule has 0 saturated heterocycles. The number of esters is 2. The van der Waals surface area contributed by atoms with Crippen LogP contribution in [0.2, 0.25) is 0 Å². The van der Waals surface area contributed by atoms with Crippen molar-refractivity contribution in [2.45, 2.75) is 20.0 Å². The Balaban J connectivity index is 1.52. The third kappa shape index (κ3) is 4.46. The van der Waals surface area contributed by atoms with Gasteiger partial charge in [-0.25, -0.2) is 14.5 Å². The zero-order valence-corrected chi connectivity index (χ0v) is 19.2. The number of ether oxygens (including phenoxy) is 2. The zero-order valence-electron chi connectivity index (χ0n) is 19.2. The molecule has 8 nitrogen and oxygen atoms in total. The quantitative estimate of drug-likeness (QED) is 0.304. The number of anilines is 1. The number of rotatable bonds is 6. The molecule has 1 aliphatic rings. The van der Waals surface area contributed by atoms with Crippen LogP contribution < -0.4 is 4.90 Å². The molecule has 8 heteroatoms. The first-order valence-corrected chi connectivity index (χ1v) is 10.7. The number of imide groups is 1. The van der Waals surface area contributed by atoms with Gasteiger partial charge in [0.15, 0.2) is 6.10 Å². The van der Waals surface area contributed by atoms with Crippen LogP contribution in [0.3, 0.4) is 0 Å². The van der Waals surface area contributed by atoms with E-state index in [9.17, 15) is 24.0 Å². The third-order valence-corrected chi connectivity index (χ3v) is 5.66. The lowest BCUT2D eigenvalue weighted by atomic mass is 10.0. The van der Waals surface area contributed by atoms with E-state index in [-0.39, 0.29) is 33.7 Å². The molecule has 3 aromatic carbocycles.